The molecule has 0 fully saturated rings. The summed E-state index contributed by atoms with van der Waals surface area (Å²) in [7, 11) is 0. The molecule has 53 heavy (non-hydrogen) atoms. The van der Waals surface area contributed by atoms with Crippen molar-refractivity contribution in [3.63, 3.8) is 0 Å². The lowest BCUT2D eigenvalue weighted by Gasteiger charge is -2.18. The van der Waals surface area contributed by atoms with Gasteiger partial charge in [-0.1, -0.05) is 173 Å². The zero-order valence-electron chi connectivity index (χ0n) is 35.3. The van der Waals surface area contributed by atoms with Crippen molar-refractivity contribution < 1.29 is 28.6 Å². The molecule has 0 aromatic heterocycles. The van der Waals surface area contributed by atoms with Gasteiger partial charge in [-0.15, -0.1) is 0 Å². The molecule has 0 saturated heterocycles. The van der Waals surface area contributed by atoms with Gasteiger partial charge in [-0.2, -0.15) is 0 Å². The number of carbonyl (C=O) groups is 3. The molecule has 0 rings (SSSR count). The summed E-state index contributed by atoms with van der Waals surface area (Å²) in [4.78, 5) is 37.5. The summed E-state index contributed by atoms with van der Waals surface area (Å²) in [6.07, 6.45) is 46.0. The summed E-state index contributed by atoms with van der Waals surface area (Å²) >= 11 is 0. The van der Waals surface area contributed by atoms with Gasteiger partial charge in [-0.3, -0.25) is 14.4 Å². The van der Waals surface area contributed by atoms with E-state index in [9.17, 15) is 14.4 Å². The van der Waals surface area contributed by atoms with Crippen molar-refractivity contribution in [2.45, 2.75) is 245 Å². The third-order valence-corrected chi connectivity index (χ3v) is 9.93. The average molecular weight is 747 g/mol. The highest BCUT2D eigenvalue weighted by Crippen LogP contribution is 2.14. The second kappa shape index (κ2) is 42.6. The molecule has 0 spiro atoms. The molecule has 0 aliphatic heterocycles. The van der Waals surface area contributed by atoms with Crippen LogP contribution >= 0.6 is 0 Å². The van der Waals surface area contributed by atoms with E-state index in [2.05, 4.69) is 45.1 Å². The molecule has 0 radical (unpaired) electrons. The van der Waals surface area contributed by atoms with E-state index in [4.69, 9.17) is 14.2 Å². The Morgan fingerprint density at radius 2 is 0.623 bits per heavy atom. The summed E-state index contributed by atoms with van der Waals surface area (Å²) in [5, 5.41) is 0. The Hall–Kier alpha value is -2.11. The van der Waals surface area contributed by atoms with Crippen molar-refractivity contribution in [3.05, 3.63) is 24.3 Å². The minimum absolute atomic E-state index is 0.0761. The lowest BCUT2D eigenvalue weighted by molar-refractivity contribution is -0.167. The molecule has 6 heteroatoms. The number of rotatable bonds is 41. The Morgan fingerprint density at radius 3 is 0.962 bits per heavy atom. The number of hydrogen-bond donors (Lipinski definition) is 0. The molecule has 6 nitrogen and oxygen atoms in total. The van der Waals surface area contributed by atoms with E-state index in [0.29, 0.717) is 19.3 Å². The fourth-order valence-corrected chi connectivity index (χ4v) is 6.43. The molecule has 0 N–H and O–H groups in total. The quantitative estimate of drug-likeness (QED) is 0.0268. The zero-order valence-corrected chi connectivity index (χ0v) is 35.3. The predicted octanol–water partition coefficient (Wildman–Crippen LogP) is 14.4. The summed E-state index contributed by atoms with van der Waals surface area (Å²) in [6, 6.07) is 0. The molecule has 0 aromatic carbocycles. The van der Waals surface area contributed by atoms with Crippen LogP contribution in [0.4, 0.5) is 0 Å². The summed E-state index contributed by atoms with van der Waals surface area (Å²) < 4.78 is 16.6. The fraction of sp³-hybridized carbons (Fsp3) is 0.851. The molecule has 0 aliphatic rings. The Labute approximate surface area is 328 Å². The Morgan fingerprint density at radius 1 is 0.358 bits per heavy atom. The third kappa shape index (κ3) is 40.9. The molecule has 0 aliphatic carbocycles. The van der Waals surface area contributed by atoms with E-state index < -0.39 is 6.10 Å². The van der Waals surface area contributed by atoms with Crippen molar-refractivity contribution in [2.24, 2.45) is 0 Å². The van der Waals surface area contributed by atoms with Gasteiger partial charge in [0.15, 0.2) is 6.10 Å². The van der Waals surface area contributed by atoms with Gasteiger partial charge in [0.2, 0.25) is 0 Å². The van der Waals surface area contributed by atoms with Crippen LogP contribution in [-0.2, 0) is 28.6 Å². The number of allylic oxidation sites excluding steroid dienone is 4. The first-order valence-electron chi connectivity index (χ1n) is 22.8. The van der Waals surface area contributed by atoms with Gasteiger partial charge >= 0.3 is 17.9 Å². The van der Waals surface area contributed by atoms with Crippen molar-refractivity contribution in [2.75, 3.05) is 13.2 Å². The standard InChI is InChI=1S/C47H86O6/c1-4-7-10-13-16-18-20-22-23-24-26-27-29-31-34-37-40-46(49)52-43-44(42-51-45(48)39-36-33-15-12-9-6-3)53-47(50)41-38-35-32-30-28-25-21-19-17-14-11-8-5-2/h19,21,23-24,44H,4-18,20,22,25-43H2,1-3H3/b21-19-,24-23-. The molecule has 0 amide bonds. The van der Waals surface area contributed by atoms with E-state index in [-0.39, 0.29) is 31.1 Å². The van der Waals surface area contributed by atoms with Crippen molar-refractivity contribution >= 4 is 17.9 Å². The van der Waals surface area contributed by atoms with Gasteiger partial charge in [-0.05, 0) is 70.6 Å². The summed E-state index contributed by atoms with van der Waals surface area (Å²) in [5.74, 6) is -0.899. The highest BCUT2D eigenvalue weighted by molar-refractivity contribution is 5.71. The van der Waals surface area contributed by atoms with Crippen LogP contribution in [0, 0.1) is 0 Å². The highest BCUT2D eigenvalue weighted by atomic mass is 16.6. The Bertz CT molecular complexity index is 865. The maximum Gasteiger partial charge on any atom is 0.306 e. The molecule has 0 saturated carbocycles. The Balaban J connectivity index is 4.27. The number of esters is 3. The van der Waals surface area contributed by atoms with Gasteiger partial charge in [-0.25, -0.2) is 0 Å². The van der Waals surface area contributed by atoms with Crippen molar-refractivity contribution in [3.8, 4) is 0 Å². The normalized spacial score (nSPS) is 12.1. The lowest BCUT2D eigenvalue weighted by atomic mass is 10.1. The lowest BCUT2D eigenvalue weighted by Crippen LogP contribution is -2.30. The van der Waals surface area contributed by atoms with Gasteiger partial charge in [0.1, 0.15) is 13.2 Å². The second-order valence-corrected chi connectivity index (χ2v) is 15.3. The number of ether oxygens (including phenoxy) is 3. The smallest absolute Gasteiger partial charge is 0.306 e. The maximum absolute atomic E-state index is 12.7. The predicted molar refractivity (Wildman–Crippen MR) is 224 cm³/mol. The van der Waals surface area contributed by atoms with E-state index in [1.54, 1.807) is 0 Å². The minimum atomic E-state index is -0.771. The third-order valence-electron chi connectivity index (χ3n) is 9.93. The van der Waals surface area contributed by atoms with E-state index in [0.717, 1.165) is 70.6 Å². The van der Waals surface area contributed by atoms with Crippen molar-refractivity contribution in [1.29, 1.82) is 0 Å². The molecule has 0 aromatic rings. The van der Waals surface area contributed by atoms with E-state index in [1.807, 2.05) is 0 Å². The molecular weight excluding hydrogens is 661 g/mol. The van der Waals surface area contributed by atoms with Gasteiger partial charge in [0.05, 0.1) is 0 Å². The first-order valence-corrected chi connectivity index (χ1v) is 22.8. The molecule has 1 atom stereocenters. The average Bonchev–Trinajstić information content (AvgIpc) is 3.15. The number of carbonyl (C=O) groups excluding carboxylic acids is 3. The van der Waals surface area contributed by atoms with Crippen molar-refractivity contribution in [1.82, 2.24) is 0 Å². The molecule has 0 bridgehead atoms. The van der Waals surface area contributed by atoms with Gasteiger partial charge in [0.25, 0.3) is 0 Å². The Kier molecular flexibility index (Phi) is 40.9. The highest BCUT2D eigenvalue weighted by Gasteiger charge is 2.19. The first-order chi connectivity index (χ1) is 26.0. The zero-order chi connectivity index (χ0) is 38.7. The largest absolute Gasteiger partial charge is 0.462 e. The summed E-state index contributed by atoms with van der Waals surface area (Å²) in [6.45, 7) is 6.55. The summed E-state index contributed by atoms with van der Waals surface area (Å²) in [5.41, 5.74) is 0. The van der Waals surface area contributed by atoms with Crippen LogP contribution < -0.4 is 0 Å². The van der Waals surface area contributed by atoms with Crippen LogP contribution in [-0.4, -0.2) is 37.2 Å². The number of unbranched alkanes of at least 4 members (excludes halogenated alkanes) is 26. The van der Waals surface area contributed by atoms with Crippen LogP contribution in [0.15, 0.2) is 24.3 Å². The second-order valence-electron chi connectivity index (χ2n) is 15.3. The molecule has 1 unspecified atom stereocenters. The topological polar surface area (TPSA) is 78.9 Å². The van der Waals surface area contributed by atoms with Crippen LogP contribution in [0.1, 0.15) is 239 Å². The molecule has 0 heterocycles. The number of hydrogen-bond acceptors (Lipinski definition) is 6. The van der Waals surface area contributed by atoms with Crippen LogP contribution in [0.2, 0.25) is 0 Å². The molecule has 310 valence electrons. The molecular formula is C47H86O6. The minimum Gasteiger partial charge on any atom is -0.462 e. The maximum atomic E-state index is 12.7. The first kappa shape index (κ1) is 50.9. The fourth-order valence-electron chi connectivity index (χ4n) is 6.43. The van der Waals surface area contributed by atoms with Crippen LogP contribution in [0.5, 0.6) is 0 Å². The monoisotopic (exact) mass is 747 g/mol. The van der Waals surface area contributed by atoms with Crippen LogP contribution in [0.25, 0.3) is 0 Å². The van der Waals surface area contributed by atoms with Gasteiger partial charge in [0, 0.05) is 19.3 Å². The van der Waals surface area contributed by atoms with E-state index >= 15 is 0 Å². The van der Waals surface area contributed by atoms with E-state index in [1.165, 1.54) is 128 Å². The van der Waals surface area contributed by atoms with Crippen LogP contribution in [0.3, 0.4) is 0 Å². The van der Waals surface area contributed by atoms with Gasteiger partial charge < -0.3 is 14.2 Å². The SMILES string of the molecule is CCCCCC/C=C\CCCCCCCC(=O)OC(COC(=O)CCCCCCCC)COC(=O)CCCCCCC/C=C\CCCCCCCCC.